The Morgan fingerprint density at radius 1 is 0.694 bits per heavy atom. The monoisotopic (exact) mass is 478 g/mol. The maximum atomic E-state index is 12.7. The van der Waals surface area contributed by atoms with Crippen LogP contribution in [0.3, 0.4) is 0 Å². The molecule has 0 spiro atoms. The third-order valence-corrected chi connectivity index (χ3v) is 5.75. The number of benzene rings is 4. The average Bonchev–Trinajstić information content (AvgIpc) is 2.88. The smallest absolute Gasteiger partial charge is 0.262 e. The Kier molecular flexibility index (Phi) is 7.50. The predicted octanol–water partition coefficient (Wildman–Crippen LogP) is 6.92. The van der Waals surface area contributed by atoms with Gasteiger partial charge in [0.2, 0.25) is 0 Å². The standard InChI is InChI=1S/C31H30N2O3/c1-31(2,3)25-16-12-24(13-17-25)30(35)33-27-11-7-10-26(20-27)32-29(34)21-36-28-18-14-23(15-19-28)22-8-5-4-6-9-22/h4-20H,21H2,1-3H3,(H,32,34)(H,33,35). The van der Waals surface area contributed by atoms with Crippen molar-refractivity contribution in [3.05, 3.63) is 114 Å². The van der Waals surface area contributed by atoms with Gasteiger partial charge in [-0.2, -0.15) is 0 Å². The van der Waals surface area contributed by atoms with E-state index in [0.29, 0.717) is 22.7 Å². The molecule has 0 aliphatic heterocycles. The number of amides is 2. The van der Waals surface area contributed by atoms with E-state index in [4.69, 9.17) is 4.74 Å². The van der Waals surface area contributed by atoms with Gasteiger partial charge in [0.25, 0.3) is 11.8 Å². The van der Waals surface area contributed by atoms with Crippen molar-refractivity contribution < 1.29 is 14.3 Å². The number of hydrogen-bond donors (Lipinski definition) is 2. The molecule has 0 atom stereocenters. The fraction of sp³-hybridized carbons (Fsp3) is 0.161. The number of rotatable bonds is 7. The molecule has 0 radical (unpaired) electrons. The van der Waals surface area contributed by atoms with Crippen LogP contribution in [0, 0.1) is 0 Å². The Hall–Kier alpha value is -4.38. The lowest BCUT2D eigenvalue weighted by molar-refractivity contribution is -0.118. The van der Waals surface area contributed by atoms with Crippen molar-refractivity contribution in [2.45, 2.75) is 26.2 Å². The number of ether oxygens (including phenoxy) is 1. The summed E-state index contributed by atoms with van der Waals surface area (Å²) in [6.45, 7) is 6.28. The Morgan fingerprint density at radius 2 is 1.31 bits per heavy atom. The van der Waals surface area contributed by atoms with E-state index in [2.05, 4.69) is 31.4 Å². The average molecular weight is 479 g/mol. The van der Waals surface area contributed by atoms with Gasteiger partial charge in [-0.3, -0.25) is 9.59 Å². The molecule has 5 heteroatoms. The van der Waals surface area contributed by atoms with Crippen molar-refractivity contribution in [1.29, 1.82) is 0 Å². The minimum Gasteiger partial charge on any atom is -0.484 e. The van der Waals surface area contributed by atoms with E-state index in [1.807, 2.05) is 78.9 Å². The molecule has 0 aromatic heterocycles. The first-order valence-electron chi connectivity index (χ1n) is 11.9. The van der Waals surface area contributed by atoms with Crippen LogP contribution in [0.5, 0.6) is 5.75 Å². The third-order valence-electron chi connectivity index (χ3n) is 5.75. The van der Waals surface area contributed by atoms with Gasteiger partial charge in [-0.05, 0) is 64.6 Å². The molecule has 5 nitrogen and oxygen atoms in total. The lowest BCUT2D eigenvalue weighted by Crippen LogP contribution is -2.20. The molecular weight excluding hydrogens is 448 g/mol. The van der Waals surface area contributed by atoms with Gasteiger partial charge in [0.1, 0.15) is 5.75 Å². The van der Waals surface area contributed by atoms with Gasteiger partial charge in [0.15, 0.2) is 6.61 Å². The van der Waals surface area contributed by atoms with E-state index in [-0.39, 0.29) is 23.8 Å². The Labute approximate surface area is 212 Å². The lowest BCUT2D eigenvalue weighted by Gasteiger charge is -2.19. The zero-order chi connectivity index (χ0) is 25.5. The summed E-state index contributed by atoms with van der Waals surface area (Å²) in [5.41, 5.74) is 5.13. The molecule has 0 aliphatic carbocycles. The van der Waals surface area contributed by atoms with Crippen molar-refractivity contribution in [3.63, 3.8) is 0 Å². The molecule has 0 saturated carbocycles. The molecule has 0 saturated heterocycles. The van der Waals surface area contributed by atoms with E-state index in [9.17, 15) is 9.59 Å². The molecule has 0 heterocycles. The summed E-state index contributed by atoms with van der Waals surface area (Å²) in [6.07, 6.45) is 0. The zero-order valence-electron chi connectivity index (χ0n) is 20.7. The Balaban J connectivity index is 1.30. The van der Waals surface area contributed by atoms with Gasteiger partial charge in [-0.25, -0.2) is 0 Å². The molecule has 182 valence electrons. The SMILES string of the molecule is CC(C)(C)c1ccc(C(=O)Nc2cccc(NC(=O)COc3ccc(-c4ccccc4)cc3)c2)cc1. The number of carbonyl (C=O) groups excluding carboxylic acids is 2. The van der Waals surface area contributed by atoms with Crippen LogP contribution < -0.4 is 15.4 Å². The second kappa shape index (κ2) is 10.9. The highest BCUT2D eigenvalue weighted by Gasteiger charge is 2.14. The number of anilines is 2. The second-order valence-electron chi connectivity index (χ2n) is 9.59. The van der Waals surface area contributed by atoms with Gasteiger partial charge in [0.05, 0.1) is 0 Å². The normalized spacial score (nSPS) is 11.0. The van der Waals surface area contributed by atoms with Crippen molar-refractivity contribution >= 4 is 23.2 Å². The van der Waals surface area contributed by atoms with Crippen LogP contribution >= 0.6 is 0 Å². The largest absolute Gasteiger partial charge is 0.484 e. The first-order valence-corrected chi connectivity index (χ1v) is 11.9. The van der Waals surface area contributed by atoms with Crippen molar-refractivity contribution in [1.82, 2.24) is 0 Å². The van der Waals surface area contributed by atoms with Crippen LogP contribution in [0.15, 0.2) is 103 Å². The molecule has 4 aromatic carbocycles. The molecule has 4 aromatic rings. The summed E-state index contributed by atoms with van der Waals surface area (Å²) in [5, 5.41) is 5.70. The first-order chi connectivity index (χ1) is 17.3. The van der Waals surface area contributed by atoms with Crippen molar-refractivity contribution in [2.75, 3.05) is 17.2 Å². The van der Waals surface area contributed by atoms with Gasteiger partial charge in [0, 0.05) is 16.9 Å². The topological polar surface area (TPSA) is 67.4 Å². The first kappa shape index (κ1) is 24.7. The second-order valence-corrected chi connectivity index (χ2v) is 9.59. The Bertz CT molecular complexity index is 1320. The van der Waals surface area contributed by atoms with E-state index in [1.54, 1.807) is 24.3 Å². The van der Waals surface area contributed by atoms with Crippen molar-refractivity contribution in [2.24, 2.45) is 0 Å². The van der Waals surface area contributed by atoms with Crippen LogP contribution in [0.25, 0.3) is 11.1 Å². The third kappa shape index (κ3) is 6.60. The van der Waals surface area contributed by atoms with Crippen LogP contribution in [0.1, 0.15) is 36.7 Å². The highest BCUT2D eigenvalue weighted by molar-refractivity contribution is 6.04. The summed E-state index contributed by atoms with van der Waals surface area (Å²) >= 11 is 0. The molecule has 2 amide bonds. The maximum absolute atomic E-state index is 12.7. The molecule has 0 fully saturated rings. The minimum absolute atomic E-state index is 0.0247. The van der Waals surface area contributed by atoms with Gasteiger partial charge < -0.3 is 15.4 Å². The number of nitrogens with one attached hydrogen (secondary N) is 2. The summed E-state index contributed by atoms with van der Waals surface area (Å²) in [7, 11) is 0. The highest BCUT2D eigenvalue weighted by Crippen LogP contribution is 2.24. The fourth-order valence-corrected chi connectivity index (χ4v) is 3.72. The number of hydrogen-bond acceptors (Lipinski definition) is 3. The van der Waals surface area contributed by atoms with Crippen LogP contribution in [-0.4, -0.2) is 18.4 Å². The summed E-state index contributed by atoms with van der Waals surface area (Å²) < 4.78 is 5.64. The summed E-state index contributed by atoms with van der Waals surface area (Å²) in [4.78, 5) is 25.1. The predicted molar refractivity (Wildman–Crippen MR) is 146 cm³/mol. The van der Waals surface area contributed by atoms with Gasteiger partial charge in [-0.15, -0.1) is 0 Å². The lowest BCUT2D eigenvalue weighted by atomic mass is 9.87. The summed E-state index contributed by atoms with van der Waals surface area (Å²) in [5.74, 6) is 0.118. The molecule has 0 bridgehead atoms. The van der Waals surface area contributed by atoms with E-state index < -0.39 is 0 Å². The number of carbonyl (C=O) groups is 2. The quantitative estimate of drug-likeness (QED) is 0.303. The van der Waals surface area contributed by atoms with E-state index in [1.165, 1.54) is 0 Å². The fourth-order valence-electron chi connectivity index (χ4n) is 3.72. The van der Waals surface area contributed by atoms with Crippen molar-refractivity contribution in [3.8, 4) is 16.9 Å². The molecule has 0 aliphatic rings. The Morgan fingerprint density at radius 3 is 1.94 bits per heavy atom. The summed E-state index contributed by atoms with van der Waals surface area (Å²) in [6, 6.07) is 32.3. The van der Waals surface area contributed by atoms with Gasteiger partial charge >= 0.3 is 0 Å². The molecule has 4 rings (SSSR count). The van der Waals surface area contributed by atoms with Gasteiger partial charge in [-0.1, -0.05) is 81.4 Å². The minimum atomic E-state index is -0.289. The maximum Gasteiger partial charge on any atom is 0.262 e. The van der Waals surface area contributed by atoms with E-state index >= 15 is 0 Å². The molecule has 36 heavy (non-hydrogen) atoms. The molecular formula is C31H30N2O3. The van der Waals surface area contributed by atoms with Crippen LogP contribution in [0.4, 0.5) is 11.4 Å². The zero-order valence-corrected chi connectivity index (χ0v) is 20.7. The molecule has 0 unspecified atom stereocenters. The molecule has 2 N–H and O–H groups in total. The van der Waals surface area contributed by atoms with Crippen LogP contribution in [-0.2, 0) is 10.2 Å². The highest BCUT2D eigenvalue weighted by atomic mass is 16.5. The van der Waals surface area contributed by atoms with E-state index in [0.717, 1.165) is 16.7 Å². The van der Waals surface area contributed by atoms with Crippen LogP contribution in [0.2, 0.25) is 0 Å².